The second kappa shape index (κ2) is 9.54. The molecular formula is C23H27N3O4. The van der Waals surface area contributed by atoms with Crippen molar-refractivity contribution >= 4 is 16.7 Å². The smallest absolute Gasteiger partial charge is 0.274 e. The Balaban J connectivity index is 1.59. The van der Waals surface area contributed by atoms with Crippen LogP contribution >= 0.6 is 0 Å². The molecule has 2 N–H and O–H groups in total. The Labute approximate surface area is 175 Å². The molecule has 3 aromatic rings. The second-order valence-electron chi connectivity index (χ2n) is 7.37. The number of primary amides is 1. The van der Waals surface area contributed by atoms with E-state index in [1.165, 1.54) is 4.68 Å². The van der Waals surface area contributed by atoms with E-state index in [-0.39, 0.29) is 5.56 Å². The van der Waals surface area contributed by atoms with Crippen molar-refractivity contribution in [2.45, 2.75) is 38.8 Å². The summed E-state index contributed by atoms with van der Waals surface area (Å²) in [5.41, 5.74) is 5.28. The van der Waals surface area contributed by atoms with Crippen LogP contribution in [-0.4, -0.2) is 34.5 Å². The number of nitrogens with two attached hydrogens (primary N) is 1. The lowest BCUT2D eigenvalue weighted by atomic mass is 9.95. The molecule has 0 saturated heterocycles. The molecule has 1 amide bonds. The van der Waals surface area contributed by atoms with E-state index in [2.05, 4.69) is 5.10 Å². The number of hydrogen-bond acceptors (Lipinski definition) is 5. The van der Waals surface area contributed by atoms with Gasteiger partial charge in [0.05, 0.1) is 18.1 Å². The Bertz CT molecular complexity index is 1060. The Morgan fingerprint density at radius 2 is 1.87 bits per heavy atom. The average Bonchev–Trinajstić information content (AvgIpc) is 2.75. The average molecular weight is 409 g/mol. The van der Waals surface area contributed by atoms with Crippen LogP contribution in [0.1, 0.15) is 25.8 Å². The Hall–Kier alpha value is -3.19. The highest BCUT2D eigenvalue weighted by Gasteiger charge is 2.32. The van der Waals surface area contributed by atoms with Crippen molar-refractivity contribution in [1.29, 1.82) is 0 Å². The van der Waals surface area contributed by atoms with Gasteiger partial charge in [0.1, 0.15) is 18.0 Å². The van der Waals surface area contributed by atoms with Crippen LogP contribution in [0.2, 0.25) is 0 Å². The van der Waals surface area contributed by atoms with Gasteiger partial charge >= 0.3 is 0 Å². The summed E-state index contributed by atoms with van der Waals surface area (Å²) in [4.78, 5) is 24.3. The summed E-state index contributed by atoms with van der Waals surface area (Å²) in [6.45, 7) is 4.82. The van der Waals surface area contributed by atoms with Gasteiger partial charge in [-0.1, -0.05) is 37.3 Å². The summed E-state index contributed by atoms with van der Waals surface area (Å²) in [6.07, 6.45) is 2.88. The predicted molar refractivity (Wildman–Crippen MR) is 115 cm³/mol. The van der Waals surface area contributed by atoms with E-state index in [1.807, 2.05) is 49.4 Å². The summed E-state index contributed by atoms with van der Waals surface area (Å²) >= 11 is 0. The summed E-state index contributed by atoms with van der Waals surface area (Å²) in [5.74, 6) is 0.187. The maximum Gasteiger partial charge on any atom is 0.274 e. The Morgan fingerprint density at radius 3 is 2.57 bits per heavy atom. The van der Waals surface area contributed by atoms with Gasteiger partial charge in [-0.3, -0.25) is 9.59 Å². The van der Waals surface area contributed by atoms with E-state index in [4.69, 9.17) is 15.2 Å². The monoisotopic (exact) mass is 409 g/mol. The number of carbonyl (C=O) groups excluding carboxylic acids is 1. The van der Waals surface area contributed by atoms with E-state index in [1.54, 1.807) is 19.2 Å². The van der Waals surface area contributed by atoms with Crippen LogP contribution in [0.4, 0.5) is 0 Å². The van der Waals surface area contributed by atoms with Crippen molar-refractivity contribution in [3.05, 3.63) is 70.6 Å². The predicted octanol–water partition coefficient (Wildman–Crippen LogP) is 2.69. The van der Waals surface area contributed by atoms with Crippen LogP contribution < -0.4 is 16.0 Å². The van der Waals surface area contributed by atoms with Gasteiger partial charge in [-0.2, -0.15) is 5.10 Å². The summed E-state index contributed by atoms with van der Waals surface area (Å²) in [6, 6.07) is 14.8. The first-order valence-corrected chi connectivity index (χ1v) is 10.0. The van der Waals surface area contributed by atoms with Crippen molar-refractivity contribution in [2.75, 3.05) is 13.2 Å². The Morgan fingerprint density at radius 1 is 1.13 bits per heavy atom. The molecule has 30 heavy (non-hydrogen) atoms. The zero-order valence-corrected chi connectivity index (χ0v) is 17.3. The number of benzene rings is 2. The first-order valence-electron chi connectivity index (χ1n) is 10.0. The molecule has 0 radical (unpaired) electrons. The molecule has 1 aromatic heterocycles. The molecule has 1 atom stereocenters. The van der Waals surface area contributed by atoms with Crippen LogP contribution in [0, 0.1) is 0 Å². The van der Waals surface area contributed by atoms with Gasteiger partial charge in [-0.05, 0) is 37.1 Å². The molecular weight excluding hydrogens is 382 g/mol. The normalized spacial score (nSPS) is 13.1. The highest BCUT2D eigenvalue weighted by Crippen LogP contribution is 2.20. The fourth-order valence-electron chi connectivity index (χ4n) is 3.17. The van der Waals surface area contributed by atoms with Gasteiger partial charge in [0.2, 0.25) is 5.91 Å². The molecule has 0 aliphatic heterocycles. The van der Waals surface area contributed by atoms with Crippen molar-refractivity contribution in [3.8, 4) is 5.75 Å². The number of hydrogen-bond donors (Lipinski definition) is 1. The van der Waals surface area contributed by atoms with E-state index in [0.29, 0.717) is 37.3 Å². The van der Waals surface area contributed by atoms with Gasteiger partial charge < -0.3 is 15.2 Å². The maximum absolute atomic E-state index is 12.5. The molecule has 7 nitrogen and oxygen atoms in total. The van der Waals surface area contributed by atoms with Crippen LogP contribution in [-0.2, 0) is 22.5 Å². The number of ether oxygens (including phenoxy) is 2. The lowest BCUT2D eigenvalue weighted by Crippen LogP contribution is -2.45. The molecule has 0 aliphatic rings. The molecule has 0 bridgehead atoms. The number of rotatable bonds is 10. The van der Waals surface area contributed by atoms with Gasteiger partial charge in [0.15, 0.2) is 0 Å². The van der Waals surface area contributed by atoms with Crippen LogP contribution in [0.5, 0.6) is 5.75 Å². The highest BCUT2D eigenvalue weighted by atomic mass is 16.5. The maximum atomic E-state index is 12.5. The standard InChI is InChI=1S/C23H27N3O4/c1-3-13-30-23(2,22(24)28)15-17-8-10-19(11-9-17)29-14-12-26-21(27)20-7-5-4-6-18(20)16-25-26/h4-11,16H,3,12-15H2,1-2H3,(H2,24,28). The third-order valence-corrected chi connectivity index (χ3v) is 4.94. The fraction of sp³-hybridized carbons (Fsp3) is 0.348. The molecule has 3 rings (SSSR count). The zero-order valence-electron chi connectivity index (χ0n) is 17.3. The van der Waals surface area contributed by atoms with E-state index < -0.39 is 11.5 Å². The summed E-state index contributed by atoms with van der Waals surface area (Å²) in [7, 11) is 0. The van der Waals surface area contributed by atoms with Gasteiger partial charge in [-0.15, -0.1) is 0 Å². The molecule has 158 valence electrons. The first kappa shape index (κ1) is 21.5. The van der Waals surface area contributed by atoms with E-state index >= 15 is 0 Å². The largest absolute Gasteiger partial charge is 0.492 e. The molecule has 0 saturated carbocycles. The van der Waals surface area contributed by atoms with E-state index in [0.717, 1.165) is 17.4 Å². The number of fused-ring (bicyclic) bond motifs is 1. The number of aromatic nitrogens is 2. The number of carbonyl (C=O) groups is 1. The van der Waals surface area contributed by atoms with Crippen LogP contribution in [0.15, 0.2) is 59.5 Å². The third kappa shape index (κ3) is 5.04. The van der Waals surface area contributed by atoms with Crippen LogP contribution in [0.25, 0.3) is 10.8 Å². The third-order valence-electron chi connectivity index (χ3n) is 4.94. The summed E-state index contributed by atoms with van der Waals surface area (Å²) < 4.78 is 12.8. The highest BCUT2D eigenvalue weighted by molar-refractivity contribution is 5.83. The van der Waals surface area contributed by atoms with Crippen LogP contribution in [0.3, 0.4) is 0 Å². The topological polar surface area (TPSA) is 96.4 Å². The molecule has 7 heteroatoms. The molecule has 1 unspecified atom stereocenters. The quantitative estimate of drug-likeness (QED) is 0.555. The van der Waals surface area contributed by atoms with Crippen molar-refractivity contribution in [3.63, 3.8) is 0 Å². The molecule has 0 fully saturated rings. The fourth-order valence-corrected chi connectivity index (χ4v) is 3.17. The minimum Gasteiger partial charge on any atom is -0.492 e. The molecule has 0 spiro atoms. The summed E-state index contributed by atoms with van der Waals surface area (Å²) in [5, 5.41) is 5.66. The second-order valence-corrected chi connectivity index (χ2v) is 7.37. The van der Waals surface area contributed by atoms with Gasteiger partial charge in [0.25, 0.3) is 5.56 Å². The van der Waals surface area contributed by atoms with Crippen molar-refractivity contribution in [1.82, 2.24) is 9.78 Å². The van der Waals surface area contributed by atoms with Gasteiger partial charge in [-0.25, -0.2) is 4.68 Å². The first-order chi connectivity index (χ1) is 14.4. The number of nitrogens with zero attached hydrogens (tertiary/aromatic N) is 2. The Kier molecular flexibility index (Phi) is 6.84. The lowest BCUT2D eigenvalue weighted by Gasteiger charge is -2.26. The minimum atomic E-state index is -1.04. The molecule has 0 aliphatic carbocycles. The molecule has 2 aromatic carbocycles. The number of amides is 1. The molecule has 1 heterocycles. The minimum absolute atomic E-state index is 0.134. The van der Waals surface area contributed by atoms with Crippen molar-refractivity contribution < 1.29 is 14.3 Å². The lowest BCUT2D eigenvalue weighted by molar-refractivity contribution is -0.141. The van der Waals surface area contributed by atoms with Crippen molar-refractivity contribution in [2.24, 2.45) is 5.73 Å². The van der Waals surface area contributed by atoms with E-state index in [9.17, 15) is 9.59 Å². The zero-order chi connectivity index (χ0) is 21.6. The van der Waals surface area contributed by atoms with Gasteiger partial charge in [0, 0.05) is 18.4 Å². The SMILES string of the molecule is CCCOC(C)(Cc1ccc(OCCn2ncc3ccccc3c2=O)cc1)C(N)=O.